The second-order valence-electron chi connectivity index (χ2n) is 5.53. The Bertz CT molecular complexity index is 1010. The molecule has 0 unspecified atom stereocenters. The molecule has 0 bridgehead atoms. The van der Waals surface area contributed by atoms with Gasteiger partial charge in [0.25, 0.3) is 0 Å². The van der Waals surface area contributed by atoms with E-state index in [1.165, 1.54) is 24.3 Å². The summed E-state index contributed by atoms with van der Waals surface area (Å²) in [4.78, 5) is 7.87. The molecule has 1 N–H and O–H groups in total. The molecule has 0 amide bonds. The maximum atomic E-state index is 14.4. The number of aromatic nitrogens is 2. The third-order valence-electron chi connectivity index (χ3n) is 3.56. The van der Waals surface area contributed by atoms with Crippen LogP contribution in [0.2, 0.25) is 0 Å². The van der Waals surface area contributed by atoms with Gasteiger partial charge < -0.3 is 5.32 Å². The molecule has 27 heavy (non-hydrogen) atoms. The molecule has 0 radical (unpaired) electrons. The van der Waals surface area contributed by atoms with Crippen molar-refractivity contribution in [1.29, 1.82) is 0 Å². The van der Waals surface area contributed by atoms with Gasteiger partial charge in [0, 0.05) is 23.6 Å². The lowest BCUT2D eigenvalue weighted by Gasteiger charge is -2.13. The molecule has 0 spiro atoms. The predicted octanol–water partition coefficient (Wildman–Crippen LogP) is 6.20. The van der Waals surface area contributed by atoms with Crippen LogP contribution in [0, 0.1) is 18.6 Å². The molecule has 3 aromatic rings. The lowest BCUT2D eigenvalue weighted by Crippen LogP contribution is -2.07. The van der Waals surface area contributed by atoms with Crippen molar-refractivity contribution in [2.24, 2.45) is 0 Å². The van der Waals surface area contributed by atoms with Crippen molar-refractivity contribution in [1.82, 2.24) is 9.97 Å². The first kappa shape index (κ1) is 19.8. The van der Waals surface area contributed by atoms with Crippen LogP contribution < -0.4 is 5.32 Å². The molecule has 0 fully saturated rings. The summed E-state index contributed by atoms with van der Waals surface area (Å²) in [6.45, 7) is 1.52. The monoisotopic (exact) mass is 463 g/mol. The smallest absolute Gasteiger partial charge is 0.365 e. The van der Waals surface area contributed by atoms with Gasteiger partial charge in [0.05, 0.1) is 14.9 Å². The number of halogens is 6. The van der Waals surface area contributed by atoms with Crippen LogP contribution in [0.4, 0.5) is 27.8 Å². The molecule has 3 rings (SSSR count). The van der Waals surface area contributed by atoms with E-state index in [0.29, 0.717) is 22.5 Å². The highest BCUT2D eigenvalue weighted by molar-refractivity contribution is 9.10. The molecule has 1 heterocycles. The van der Waals surface area contributed by atoms with Crippen LogP contribution in [-0.2, 0) is 6.54 Å². The Labute approximate surface area is 163 Å². The Morgan fingerprint density at radius 3 is 2.59 bits per heavy atom. The van der Waals surface area contributed by atoms with Crippen molar-refractivity contribution in [2.75, 3.05) is 5.32 Å². The van der Waals surface area contributed by atoms with Gasteiger partial charge >= 0.3 is 5.51 Å². The second kappa shape index (κ2) is 7.59. The van der Waals surface area contributed by atoms with Gasteiger partial charge in [-0.15, -0.1) is 0 Å². The lowest BCUT2D eigenvalue weighted by molar-refractivity contribution is -0.0329. The van der Waals surface area contributed by atoms with Gasteiger partial charge in [0.15, 0.2) is 0 Å². The van der Waals surface area contributed by atoms with Crippen LogP contribution in [0.5, 0.6) is 0 Å². The SMILES string of the molecule is Cc1nc(NCc2cccc(SC(F)(F)F)c2F)c2cc(Br)c(F)cc2n1. The summed E-state index contributed by atoms with van der Waals surface area (Å²) in [5.74, 6) is -0.746. The average Bonchev–Trinajstić information content (AvgIpc) is 2.56. The van der Waals surface area contributed by atoms with E-state index in [1.54, 1.807) is 6.92 Å². The molecule has 0 aliphatic rings. The van der Waals surface area contributed by atoms with Gasteiger partial charge in [-0.2, -0.15) is 13.2 Å². The highest BCUT2D eigenvalue weighted by atomic mass is 79.9. The summed E-state index contributed by atoms with van der Waals surface area (Å²) >= 11 is 2.58. The zero-order valence-corrected chi connectivity index (χ0v) is 16.1. The molecular formula is C17H11BrF5N3S. The van der Waals surface area contributed by atoms with Gasteiger partial charge in [-0.1, -0.05) is 12.1 Å². The van der Waals surface area contributed by atoms with Crippen molar-refractivity contribution >= 4 is 44.4 Å². The molecule has 0 atom stereocenters. The molecule has 0 saturated carbocycles. The molecule has 0 saturated heterocycles. The number of nitrogens with one attached hydrogen (secondary N) is 1. The molecule has 2 aromatic carbocycles. The quantitative estimate of drug-likeness (QED) is 0.369. The lowest BCUT2D eigenvalue weighted by atomic mass is 10.2. The van der Waals surface area contributed by atoms with Gasteiger partial charge in [0.2, 0.25) is 0 Å². The summed E-state index contributed by atoms with van der Waals surface area (Å²) < 4.78 is 65.9. The van der Waals surface area contributed by atoms with E-state index < -0.39 is 33.8 Å². The number of alkyl halides is 3. The van der Waals surface area contributed by atoms with E-state index in [9.17, 15) is 22.0 Å². The number of rotatable bonds is 4. The molecular weight excluding hydrogens is 453 g/mol. The largest absolute Gasteiger partial charge is 0.446 e. The molecule has 10 heteroatoms. The first-order chi connectivity index (χ1) is 12.6. The van der Waals surface area contributed by atoms with Crippen LogP contribution >= 0.6 is 27.7 Å². The third kappa shape index (κ3) is 4.67. The van der Waals surface area contributed by atoms with E-state index >= 15 is 0 Å². The number of anilines is 1. The van der Waals surface area contributed by atoms with Crippen LogP contribution in [0.15, 0.2) is 39.7 Å². The van der Waals surface area contributed by atoms with Crippen LogP contribution in [0.3, 0.4) is 0 Å². The van der Waals surface area contributed by atoms with Crippen molar-refractivity contribution in [3.8, 4) is 0 Å². The highest BCUT2D eigenvalue weighted by Crippen LogP contribution is 2.38. The van der Waals surface area contributed by atoms with Gasteiger partial charge in [0.1, 0.15) is 23.3 Å². The Hall–Kier alpha value is -1.94. The molecule has 0 aliphatic heterocycles. The Kier molecular flexibility index (Phi) is 5.57. The maximum absolute atomic E-state index is 14.4. The summed E-state index contributed by atoms with van der Waals surface area (Å²) in [5, 5.41) is 3.39. The minimum atomic E-state index is -4.58. The van der Waals surface area contributed by atoms with Crippen molar-refractivity contribution < 1.29 is 22.0 Å². The number of nitrogens with zero attached hydrogens (tertiary/aromatic N) is 2. The average molecular weight is 464 g/mol. The number of hydrogen-bond acceptors (Lipinski definition) is 4. The molecule has 1 aromatic heterocycles. The highest BCUT2D eigenvalue weighted by Gasteiger charge is 2.31. The number of thioether (sulfide) groups is 1. The van der Waals surface area contributed by atoms with Gasteiger partial charge in [-0.3, -0.25) is 0 Å². The van der Waals surface area contributed by atoms with Crippen LogP contribution in [0.1, 0.15) is 11.4 Å². The Morgan fingerprint density at radius 2 is 1.89 bits per heavy atom. The van der Waals surface area contributed by atoms with E-state index in [4.69, 9.17) is 0 Å². The standard InChI is InChI=1S/C17H11BrF5N3S/c1-8-25-13-6-12(19)11(18)5-10(13)16(26-8)24-7-9-3-2-4-14(15(9)20)27-17(21,22)23/h2-6H,7H2,1H3,(H,24,25,26). The number of aryl methyl sites for hydroxylation is 1. The second-order valence-corrected chi connectivity index (χ2v) is 7.49. The molecule has 142 valence electrons. The molecule has 3 nitrogen and oxygen atoms in total. The van der Waals surface area contributed by atoms with Crippen molar-refractivity contribution in [2.45, 2.75) is 23.9 Å². The van der Waals surface area contributed by atoms with Crippen LogP contribution in [0.25, 0.3) is 10.9 Å². The minimum Gasteiger partial charge on any atom is -0.365 e. The van der Waals surface area contributed by atoms with E-state index in [-0.39, 0.29) is 16.6 Å². The first-order valence-corrected chi connectivity index (χ1v) is 9.15. The fourth-order valence-electron chi connectivity index (χ4n) is 2.45. The maximum Gasteiger partial charge on any atom is 0.446 e. The Balaban J connectivity index is 1.91. The minimum absolute atomic E-state index is 0.0508. The van der Waals surface area contributed by atoms with E-state index in [0.717, 1.165) is 6.07 Å². The fraction of sp³-hybridized carbons (Fsp3) is 0.176. The zero-order valence-electron chi connectivity index (χ0n) is 13.7. The van der Waals surface area contributed by atoms with E-state index in [2.05, 4.69) is 31.2 Å². The Morgan fingerprint density at radius 1 is 1.15 bits per heavy atom. The number of hydrogen-bond donors (Lipinski definition) is 1. The normalized spacial score (nSPS) is 11.8. The summed E-state index contributed by atoms with van der Waals surface area (Å²) in [7, 11) is 0. The molecule has 0 aliphatic carbocycles. The number of fused-ring (bicyclic) bond motifs is 1. The predicted molar refractivity (Wildman–Crippen MR) is 97.6 cm³/mol. The van der Waals surface area contributed by atoms with E-state index in [1.807, 2.05) is 0 Å². The van der Waals surface area contributed by atoms with Gasteiger partial charge in [-0.25, -0.2) is 18.7 Å². The van der Waals surface area contributed by atoms with Crippen molar-refractivity contribution in [3.05, 3.63) is 57.8 Å². The zero-order chi connectivity index (χ0) is 19.8. The topological polar surface area (TPSA) is 37.8 Å². The third-order valence-corrected chi connectivity index (χ3v) is 4.94. The summed E-state index contributed by atoms with van der Waals surface area (Å²) in [6, 6.07) is 6.53. The summed E-state index contributed by atoms with van der Waals surface area (Å²) in [6.07, 6.45) is 0. The number of benzene rings is 2. The fourth-order valence-corrected chi connectivity index (χ4v) is 3.41. The van der Waals surface area contributed by atoms with Crippen LogP contribution in [-0.4, -0.2) is 15.5 Å². The first-order valence-electron chi connectivity index (χ1n) is 7.54. The van der Waals surface area contributed by atoms with Crippen molar-refractivity contribution in [3.63, 3.8) is 0 Å². The van der Waals surface area contributed by atoms with Gasteiger partial charge in [-0.05, 0) is 46.7 Å². The summed E-state index contributed by atoms with van der Waals surface area (Å²) in [5.41, 5.74) is -4.18.